The lowest BCUT2D eigenvalue weighted by atomic mass is 10.2. The Morgan fingerprint density at radius 1 is 0.839 bits per heavy atom. The summed E-state index contributed by atoms with van der Waals surface area (Å²) in [6.45, 7) is 0.984. The molecule has 8 nitrogen and oxygen atoms in total. The summed E-state index contributed by atoms with van der Waals surface area (Å²) in [5.74, 6) is 0.00665. The van der Waals surface area contributed by atoms with E-state index in [9.17, 15) is 9.59 Å². The van der Waals surface area contributed by atoms with Gasteiger partial charge in [-0.3, -0.25) is 14.8 Å². The van der Waals surface area contributed by atoms with Crippen LogP contribution in [0.3, 0.4) is 0 Å². The maximum absolute atomic E-state index is 12.3. The number of carbonyl (C=O) groups is 2. The van der Waals surface area contributed by atoms with E-state index in [1.165, 1.54) is 17.7 Å². The van der Waals surface area contributed by atoms with Gasteiger partial charge in [0, 0.05) is 18.1 Å². The second-order valence-electron chi connectivity index (χ2n) is 6.51. The summed E-state index contributed by atoms with van der Waals surface area (Å²) in [7, 11) is 0. The Morgan fingerprint density at radius 3 is 2.35 bits per heavy atom. The highest BCUT2D eigenvalue weighted by molar-refractivity contribution is 5.93. The number of nitrogens with zero attached hydrogens (tertiary/aromatic N) is 1. The first-order chi connectivity index (χ1) is 15.2. The molecule has 3 N–H and O–H groups in total. The van der Waals surface area contributed by atoms with E-state index in [0.29, 0.717) is 23.8 Å². The van der Waals surface area contributed by atoms with Crippen molar-refractivity contribution < 1.29 is 24.3 Å². The van der Waals surface area contributed by atoms with Gasteiger partial charge in [-0.25, -0.2) is 10.5 Å². The molecule has 2 amide bonds. The SMILES string of the molecule is O=C(NO)c1ccc(OCCNC(=O)c2cccc(OCCc3ccccc3)n2)cc1. The summed E-state index contributed by atoms with van der Waals surface area (Å²) < 4.78 is 11.2. The Bertz CT molecular complexity index is 994. The zero-order valence-corrected chi connectivity index (χ0v) is 16.8. The van der Waals surface area contributed by atoms with Gasteiger partial charge in [0.15, 0.2) is 0 Å². The fourth-order valence-corrected chi connectivity index (χ4v) is 2.73. The normalized spacial score (nSPS) is 10.2. The van der Waals surface area contributed by atoms with E-state index >= 15 is 0 Å². The van der Waals surface area contributed by atoms with E-state index in [1.807, 2.05) is 30.3 Å². The van der Waals surface area contributed by atoms with Crippen LogP contribution in [-0.2, 0) is 6.42 Å². The minimum Gasteiger partial charge on any atom is -0.492 e. The lowest BCUT2D eigenvalue weighted by Gasteiger charge is -2.09. The van der Waals surface area contributed by atoms with E-state index in [2.05, 4.69) is 10.3 Å². The number of nitrogens with one attached hydrogen (secondary N) is 2. The number of benzene rings is 2. The lowest BCUT2D eigenvalue weighted by molar-refractivity contribution is 0.0706. The minimum absolute atomic E-state index is 0.241. The molecular formula is C23H23N3O5. The molecule has 31 heavy (non-hydrogen) atoms. The van der Waals surface area contributed by atoms with Crippen LogP contribution in [0.2, 0.25) is 0 Å². The van der Waals surface area contributed by atoms with Gasteiger partial charge in [0.05, 0.1) is 13.2 Å². The van der Waals surface area contributed by atoms with Crippen molar-refractivity contribution in [3.63, 3.8) is 0 Å². The van der Waals surface area contributed by atoms with Crippen LogP contribution < -0.4 is 20.3 Å². The van der Waals surface area contributed by atoms with Gasteiger partial charge in [0.25, 0.3) is 11.8 Å². The maximum Gasteiger partial charge on any atom is 0.274 e. The molecule has 3 rings (SSSR count). The first-order valence-electron chi connectivity index (χ1n) is 9.75. The van der Waals surface area contributed by atoms with Crippen LogP contribution in [0.5, 0.6) is 11.6 Å². The molecule has 160 valence electrons. The quantitative estimate of drug-likeness (QED) is 0.264. The van der Waals surface area contributed by atoms with Gasteiger partial charge in [-0.15, -0.1) is 0 Å². The maximum atomic E-state index is 12.3. The molecule has 1 aromatic heterocycles. The van der Waals surface area contributed by atoms with Crippen LogP contribution in [0, 0.1) is 0 Å². The van der Waals surface area contributed by atoms with Crippen molar-refractivity contribution in [3.8, 4) is 11.6 Å². The summed E-state index contributed by atoms with van der Waals surface area (Å²) in [6, 6.07) is 21.3. The van der Waals surface area contributed by atoms with E-state index in [0.717, 1.165) is 6.42 Å². The van der Waals surface area contributed by atoms with Crippen LogP contribution in [0.4, 0.5) is 0 Å². The second-order valence-corrected chi connectivity index (χ2v) is 6.51. The molecule has 0 atom stereocenters. The summed E-state index contributed by atoms with van der Waals surface area (Å²) in [5, 5.41) is 11.3. The third-order valence-corrected chi connectivity index (χ3v) is 4.31. The third kappa shape index (κ3) is 6.83. The van der Waals surface area contributed by atoms with Crippen molar-refractivity contribution in [1.82, 2.24) is 15.8 Å². The Hall–Kier alpha value is -3.91. The smallest absolute Gasteiger partial charge is 0.274 e. The molecule has 0 spiro atoms. The summed E-state index contributed by atoms with van der Waals surface area (Å²) >= 11 is 0. The zero-order chi connectivity index (χ0) is 21.9. The highest BCUT2D eigenvalue weighted by Gasteiger charge is 2.09. The number of rotatable bonds is 10. The summed E-state index contributed by atoms with van der Waals surface area (Å²) in [6.07, 6.45) is 0.752. The van der Waals surface area contributed by atoms with Crippen LogP contribution in [0.25, 0.3) is 0 Å². The van der Waals surface area contributed by atoms with Gasteiger partial charge >= 0.3 is 0 Å². The monoisotopic (exact) mass is 421 g/mol. The molecule has 0 aliphatic heterocycles. The third-order valence-electron chi connectivity index (χ3n) is 4.31. The second kappa shape index (κ2) is 11.3. The molecule has 0 bridgehead atoms. The molecule has 0 radical (unpaired) electrons. The average molecular weight is 421 g/mol. The fourth-order valence-electron chi connectivity index (χ4n) is 2.73. The highest BCUT2D eigenvalue weighted by Crippen LogP contribution is 2.12. The molecule has 2 aromatic carbocycles. The summed E-state index contributed by atoms with van der Waals surface area (Å²) in [5.41, 5.74) is 3.30. The van der Waals surface area contributed by atoms with Gasteiger partial charge in [-0.2, -0.15) is 0 Å². The Labute approximate surface area is 179 Å². The predicted octanol–water partition coefficient (Wildman–Crippen LogP) is 2.63. The molecular weight excluding hydrogens is 398 g/mol. The molecule has 0 aliphatic rings. The highest BCUT2D eigenvalue weighted by atomic mass is 16.5. The van der Waals surface area contributed by atoms with Crippen LogP contribution in [0.15, 0.2) is 72.8 Å². The topological polar surface area (TPSA) is 110 Å². The van der Waals surface area contributed by atoms with E-state index in [4.69, 9.17) is 14.7 Å². The number of carbonyl (C=O) groups excluding carboxylic acids is 2. The number of aromatic nitrogens is 1. The van der Waals surface area contributed by atoms with Crippen LogP contribution in [-0.4, -0.2) is 41.8 Å². The van der Waals surface area contributed by atoms with Crippen molar-refractivity contribution in [3.05, 3.63) is 89.6 Å². The number of hydrogen-bond acceptors (Lipinski definition) is 6. The van der Waals surface area contributed by atoms with Gasteiger partial charge in [-0.05, 0) is 35.9 Å². The fraction of sp³-hybridized carbons (Fsp3) is 0.174. The van der Waals surface area contributed by atoms with Crippen molar-refractivity contribution in [2.24, 2.45) is 0 Å². The standard InChI is InChI=1S/C23H23N3O5/c27-22(26-29)18-9-11-19(12-10-18)30-16-14-24-23(28)20-7-4-8-21(25-20)31-15-13-17-5-2-1-3-6-17/h1-12,29H,13-16H2,(H,24,28)(H,26,27). The first-order valence-corrected chi connectivity index (χ1v) is 9.75. The summed E-state index contributed by atoms with van der Waals surface area (Å²) in [4.78, 5) is 27.8. The average Bonchev–Trinajstić information content (AvgIpc) is 2.82. The lowest BCUT2D eigenvalue weighted by Crippen LogP contribution is -2.28. The molecule has 1 heterocycles. The zero-order valence-electron chi connectivity index (χ0n) is 16.8. The Morgan fingerprint density at radius 2 is 1.61 bits per heavy atom. The number of hydrogen-bond donors (Lipinski definition) is 3. The number of ether oxygens (including phenoxy) is 2. The first kappa shape index (κ1) is 21.8. The van der Waals surface area contributed by atoms with Crippen molar-refractivity contribution in [1.29, 1.82) is 0 Å². The molecule has 0 saturated carbocycles. The predicted molar refractivity (Wildman–Crippen MR) is 113 cm³/mol. The van der Waals surface area contributed by atoms with Crippen molar-refractivity contribution in [2.45, 2.75) is 6.42 Å². The Kier molecular flexibility index (Phi) is 7.96. The molecule has 0 fully saturated rings. The van der Waals surface area contributed by atoms with Crippen LogP contribution in [0.1, 0.15) is 26.4 Å². The number of amides is 2. The van der Waals surface area contributed by atoms with Gasteiger partial charge in [0.2, 0.25) is 5.88 Å². The van der Waals surface area contributed by atoms with E-state index < -0.39 is 5.91 Å². The molecule has 8 heteroatoms. The van der Waals surface area contributed by atoms with Crippen LogP contribution >= 0.6 is 0 Å². The number of pyridine rings is 1. The molecule has 3 aromatic rings. The molecule has 0 aliphatic carbocycles. The van der Waals surface area contributed by atoms with Crippen molar-refractivity contribution >= 4 is 11.8 Å². The largest absolute Gasteiger partial charge is 0.492 e. The molecule has 0 saturated heterocycles. The van der Waals surface area contributed by atoms with Gasteiger partial charge < -0.3 is 14.8 Å². The van der Waals surface area contributed by atoms with Gasteiger partial charge in [-0.1, -0.05) is 36.4 Å². The van der Waals surface area contributed by atoms with E-state index in [-0.39, 0.29) is 24.8 Å². The Balaban J connectivity index is 1.41. The minimum atomic E-state index is -0.599. The molecule has 0 unspecified atom stereocenters. The van der Waals surface area contributed by atoms with Gasteiger partial charge in [0.1, 0.15) is 18.1 Å². The number of hydroxylamine groups is 1. The van der Waals surface area contributed by atoms with Crippen molar-refractivity contribution in [2.75, 3.05) is 19.8 Å². The van der Waals surface area contributed by atoms with E-state index in [1.54, 1.807) is 35.8 Å².